The van der Waals surface area contributed by atoms with Crippen LogP contribution in [0.2, 0.25) is 0 Å². The quantitative estimate of drug-likeness (QED) is 0.206. The number of para-hydroxylation sites is 1. The van der Waals surface area contributed by atoms with Crippen LogP contribution in [-0.2, 0) is 25.4 Å². The molecule has 2 heterocycles. The largest absolute Gasteiger partial charge is 0.491 e. The molecule has 0 spiro atoms. The minimum absolute atomic E-state index is 0.0608. The molecule has 2 N–H and O–H groups in total. The third kappa shape index (κ3) is 9.65. The van der Waals surface area contributed by atoms with E-state index in [1.165, 1.54) is 0 Å². The van der Waals surface area contributed by atoms with Crippen LogP contribution in [0.25, 0.3) is 11.1 Å². The van der Waals surface area contributed by atoms with E-state index in [9.17, 15) is 9.59 Å². The molecule has 49 heavy (non-hydrogen) atoms. The van der Waals surface area contributed by atoms with Crippen molar-refractivity contribution in [1.82, 2.24) is 5.32 Å². The van der Waals surface area contributed by atoms with Crippen LogP contribution in [0.15, 0.2) is 54.6 Å². The Morgan fingerprint density at radius 2 is 1.71 bits per heavy atom. The Bertz CT molecular complexity index is 1640. The van der Waals surface area contributed by atoms with Crippen LogP contribution in [-0.4, -0.2) is 49.1 Å². The lowest BCUT2D eigenvalue weighted by Gasteiger charge is -2.30. The molecule has 1 saturated heterocycles. The molecule has 1 unspecified atom stereocenters. The fourth-order valence-corrected chi connectivity index (χ4v) is 6.03. The first-order valence-corrected chi connectivity index (χ1v) is 17.1. The number of alkyl carbamates (subject to hydrolysis) is 1. The van der Waals surface area contributed by atoms with Crippen molar-refractivity contribution in [2.24, 2.45) is 0 Å². The number of nitrogens with one attached hydrogen (secondary N) is 2. The average Bonchev–Trinajstić information content (AvgIpc) is 3.53. The fraction of sp³-hybridized carbons (Fsp3) is 0.487. The van der Waals surface area contributed by atoms with Gasteiger partial charge in [0.2, 0.25) is 0 Å². The highest BCUT2D eigenvalue weighted by Crippen LogP contribution is 2.44. The standard InChI is InChI=1S/C39H49FN2O7/c1-24(42-37(44)49-39(5,6)7)28-14-10-15-29(35(28)40)26-20-30-33(17-19-46-36(30)31(21-26)41-23-27-13-11-18-45-27)47-32-16-9-8-12-25(32)22-34(43)48-38(2,3)4/h8-10,12,14-16,20-21,24,27,33,41H,11,13,17-19,22-23H2,1-7H3,(H,42,44)/t24-,27-,33?/m1/s1. The summed E-state index contributed by atoms with van der Waals surface area (Å²) >= 11 is 0. The Balaban J connectivity index is 1.49. The van der Waals surface area contributed by atoms with E-state index in [0.717, 1.165) is 25.0 Å². The Hall–Kier alpha value is -4.31. The highest BCUT2D eigenvalue weighted by atomic mass is 19.1. The van der Waals surface area contributed by atoms with E-state index in [2.05, 4.69) is 10.6 Å². The summed E-state index contributed by atoms with van der Waals surface area (Å²) in [6.45, 7) is 14.3. The van der Waals surface area contributed by atoms with Gasteiger partial charge in [-0.1, -0.05) is 36.4 Å². The molecule has 0 saturated carbocycles. The summed E-state index contributed by atoms with van der Waals surface area (Å²) in [7, 11) is 0. The summed E-state index contributed by atoms with van der Waals surface area (Å²) in [5.74, 6) is 0.414. The zero-order valence-corrected chi connectivity index (χ0v) is 29.6. The Morgan fingerprint density at radius 1 is 0.959 bits per heavy atom. The van der Waals surface area contributed by atoms with Crippen molar-refractivity contribution in [3.8, 4) is 22.6 Å². The normalized spacial score (nSPS) is 18.1. The number of anilines is 1. The van der Waals surface area contributed by atoms with E-state index < -0.39 is 35.3 Å². The van der Waals surface area contributed by atoms with Gasteiger partial charge in [-0.05, 0) is 85.1 Å². The van der Waals surface area contributed by atoms with Crippen LogP contribution in [0.1, 0.15) is 96.6 Å². The van der Waals surface area contributed by atoms with Gasteiger partial charge in [-0.25, -0.2) is 9.18 Å². The number of benzene rings is 3. The van der Waals surface area contributed by atoms with Crippen LogP contribution in [0.3, 0.4) is 0 Å². The van der Waals surface area contributed by atoms with Gasteiger partial charge >= 0.3 is 12.1 Å². The molecular weight excluding hydrogens is 627 g/mol. The lowest BCUT2D eigenvalue weighted by molar-refractivity contribution is -0.153. The van der Waals surface area contributed by atoms with Crippen LogP contribution in [0.4, 0.5) is 14.9 Å². The molecule has 2 aliphatic heterocycles. The second-order valence-electron chi connectivity index (χ2n) is 14.6. The molecule has 10 heteroatoms. The predicted octanol–water partition coefficient (Wildman–Crippen LogP) is 8.46. The van der Waals surface area contributed by atoms with Gasteiger partial charge in [0, 0.05) is 41.8 Å². The molecular formula is C39H49FN2O7. The number of ether oxygens (including phenoxy) is 5. The number of halogens is 1. The molecule has 0 bridgehead atoms. The fourth-order valence-electron chi connectivity index (χ4n) is 6.03. The first kappa shape index (κ1) is 36.0. The van der Waals surface area contributed by atoms with Crippen LogP contribution in [0.5, 0.6) is 11.5 Å². The van der Waals surface area contributed by atoms with Gasteiger partial charge in [-0.15, -0.1) is 0 Å². The van der Waals surface area contributed by atoms with Crippen molar-refractivity contribution >= 4 is 17.7 Å². The van der Waals surface area contributed by atoms with E-state index in [-0.39, 0.29) is 18.5 Å². The van der Waals surface area contributed by atoms with Gasteiger partial charge in [0.1, 0.15) is 34.6 Å². The number of fused-ring (bicyclic) bond motifs is 1. The maximum atomic E-state index is 16.4. The van der Waals surface area contributed by atoms with Gasteiger partial charge < -0.3 is 34.3 Å². The number of carbonyl (C=O) groups excluding carboxylic acids is 2. The van der Waals surface area contributed by atoms with Gasteiger partial charge in [-0.2, -0.15) is 0 Å². The zero-order chi connectivity index (χ0) is 35.3. The number of amides is 1. The molecule has 3 aromatic rings. The molecule has 3 aromatic carbocycles. The summed E-state index contributed by atoms with van der Waals surface area (Å²) in [5.41, 5.74) is 2.21. The average molecular weight is 677 g/mol. The van der Waals surface area contributed by atoms with Crippen LogP contribution >= 0.6 is 0 Å². The summed E-state index contributed by atoms with van der Waals surface area (Å²) in [6, 6.07) is 15.7. The summed E-state index contributed by atoms with van der Waals surface area (Å²) in [6.07, 6.45) is 1.57. The second kappa shape index (κ2) is 15.1. The molecule has 1 fully saturated rings. The molecule has 264 valence electrons. The van der Waals surface area contributed by atoms with Crippen LogP contribution in [0, 0.1) is 5.82 Å². The van der Waals surface area contributed by atoms with E-state index in [4.69, 9.17) is 23.7 Å². The molecule has 0 aliphatic carbocycles. The Labute approximate surface area is 288 Å². The van der Waals surface area contributed by atoms with E-state index >= 15 is 4.39 Å². The van der Waals surface area contributed by atoms with Crippen molar-refractivity contribution in [2.45, 2.75) is 104 Å². The maximum Gasteiger partial charge on any atom is 0.408 e. The Kier molecular flexibility index (Phi) is 11.1. The SMILES string of the molecule is C[C@@H](NC(=O)OC(C)(C)C)c1cccc(-c2cc(NC[C@H]3CCCO3)c3c(c2)C(Oc2ccccc2CC(=O)OC(C)(C)C)CCO3)c1F. The van der Waals surface area contributed by atoms with Crippen molar-refractivity contribution in [3.05, 3.63) is 77.1 Å². The highest BCUT2D eigenvalue weighted by molar-refractivity contribution is 5.76. The second-order valence-corrected chi connectivity index (χ2v) is 14.6. The van der Waals surface area contributed by atoms with Crippen molar-refractivity contribution < 1.29 is 37.7 Å². The van der Waals surface area contributed by atoms with E-state index in [1.54, 1.807) is 45.9 Å². The summed E-state index contributed by atoms with van der Waals surface area (Å²) < 4.78 is 46.1. The van der Waals surface area contributed by atoms with Crippen molar-refractivity contribution in [2.75, 3.05) is 25.1 Å². The van der Waals surface area contributed by atoms with Gasteiger partial charge in [0.05, 0.1) is 30.9 Å². The minimum Gasteiger partial charge on any atom is -0.491 e. The van der Waals surface area contributed by atoms with Crippen LogP contribution < -0.4 is 20.1 Å². The first-order valence-electron chi connectivity index (χ1n) is 17.1. The topological polar surface area (TPSA) is 104 Å². The molecule has 2 aliphatic rings. The van der Waals surface area contributed by atoms with Gasteiger partial charge in [0.15, 0.2) is 0 Å². The first-order chi connectivity index (χ1) is 23.2. The smallest absolute Gasteiger partial charge is 0.408 e. The molecule has 9 nitrogen and oxygen atoms in total. The number of rotatable bonds is 10. The summed E-state index contributed by atoms with van der Waals surface area (Å²) in [5, 5.41) is 6.26. The molecule has 5 rings (SSSR count). The Morgan fingerprint density at radius 3 is 2.43 bits per heavy atom. The van der Waals surface area contributed by atoms with Gasteiger partial charge in [-0.3, -0.25) is 4.79 Å². The molecule has 0 aromatic heterocycles. The maximum absolute atomic E-state index is 16.4. The van der Waals surface area contributed by atoms with Crippen molar-refractivity contribution in [3.63, 3.8) is 0 Å². The number of hydrogen-bond donors (Lipinski definition) is 2. The lowest BCUT2D eigenvalue weighted by Crippen LogP contribution is -2.34. The molecule has 1 amide bonds. The number of carbonyl (C=O) groups is 2. The van der Waals surface area contributed by atoms with E-state index in [1.807, 2.05) is 57.2 Å². The molecule has 3 atom stereocenters. The lowest BCUT2D eigenvalue weighted by atomic mass is 9.93. The molecule has 0 radical (unpaired) electrons. The number of hydrogen-bond acceptors (Lipinski definition) is 8. The number of esters is 1. The third-order valence-corrected chi connectivity index (χ3v) is 8.17. The minimum atomic E-state index is -0.683. The zero-order valence-electron chi connectivity index (χ0n) is 29.6. The summed E-state index contributed by atoms with van der Waals surface area (Å²) in [4.78, 5) is 25.2. The van der Waals surface area contributed by atoms with Crippen molar-refractivity contribution in [1.29, 1.82) is 0 Å². The third-order valence-electron chi connectivity index (χ3n) is 8.17. The highest BCUT2D eigenvalue weighted by Gasteiger charge is 2.30. The predicted molar refractivity (Wildman–Crippen MR) is 187 cm³/mol. The van der Waals surface area contributed by atoms with E-state index in [0.29, 0.717) is 59.0 Å². The van der Waals surface area contributed by atoms with Gasteiger partial charge in [0.25, 0.3) is 0 Å². The monoisotopic (exact) mass is 676 g/mol.